The van der Waals surface area contributed by atoms with Crippen molar-refractivity contribution in [3.63, 3.8) is 0 Å². The molecule has 0 saturated carbocycles. The van der Waals surface area contributed by atoms with Crippen molar-refractivity contribution in [3.8, 4) is 0 Å². The second-order valence-electron chi connectivity index (χ2n) is 16.1. The fourth-order valence-electron chi connectivity index (χ4n) is 6.85. The normalized spacial score (nSPS) is 13.0. The molecule has 1 aliphatic rings. The Morgan fingerprint density at radius 3 is 1.40 bits per heavy atom. The van der Waals surface area contributed by atoms with Crippen molar-refractivity contribution in [2.24, 2.45) is 0 Å². The van der Waals surface area contributed by atoms with E-state index < -0.39 is 36.1 Å². The number of rotatable bonds is 41. The number of carbonyl (C=O) groups is 6. The van der Waals surface area contributed by atoms with Crippen molar-refractivity contribution in [1.29, 1.82) is 0 Å². The van der Waals surface area contributed by atoms with Crippen molar-refractivity contribution in [2.75, 3.05) is 33.2 Å². The Hall–Kier alpha value is -3.42. The first-order valence-electron chi connectivity index (χ1n) is 23.8. The lowest BCUT2D eigenvalue weighted by atomic mass is 10.0. The summed E-state index contributed by atoms with van der Waals surface area (Å²) in [6.45, 7) is 3.75. The van der Waals surface area contributed by atoms with Gasteiger partial charge in [0.1, 0.15) is 19.9 Å². The Kier molecular flexibility index (Phi) is 36.1. The fourth-order valence-corrected chi connectivity index (χ4v) is 6.85. The van der Waals surface area contributed by atoms with Crippen LogP contribution in [0.3, 0.4) is 0 Å². The van der Waals surface area contributed by atoms with Crippen LogP contribution in [0.15, 0.2) is 0 Å². The highest BCUT2D eigenvalue weighted by Crippen LogP contribution is 2.16. The van der Waals surface area contributed by atoms with E-state index in [1.807, 2.05) is 0 Å². The highest BCUT2D eigenvalue weighted by molar-refractivity contribution is 6.01. The van der Waals surface area contributed by atoms with Crippen LogP contribution in [-0.4, -0.2) is 80.3 Å². The summed E-state index contributed by atoms with van der Waals surface area (Å²) in [5.41, 5.74) is 0. The second kappa shape index (κ2) is 39.7. The van der Waals surface area contributed by atoms with E-state index in [2.05, 4.69) is 24.0 Å². The van der Waals surface area contributed by atoms with Crippen LogP contribution in [0.5, 0.6) is 0 Å². The number of amides is 3. The summed E-state index contributed by atoms with van der Waals surface area (Å²) in [6.07, 6.45) is 30.5. The van der Waals surface area contributed by atoms with E-state index in [-0.39, 0.29) is 71.2 Å². The maximum atomic E-state index is 12.7. The fraction of sp³-hybridized carbons (Fsp3) is 0.870. The predicted molar refractivity (Wildman–Crippen MR) is 230 cm³/mol. The van der Waals surface area contributed by atoms with Gasteiger partial charge in [0, 0.05) is 32.1 Å². The SMILES string of the molecule is CCCCCCCCCCCCCCCCC(=O)OC[C@@H](COC(=O)NCOCCCOC(=O)ON1C(=O)CCC1=O)OC(=O)CCCCCCCCCCCCCCC. The molecule has 1 atom stereocenters. The zero-order valence-corrected chi connectivity index (χ0v) is 37.6. The van der Waals surface area contributed by atoms with Gasteiger partial charge in [0.25, 0.3) is 11.8 Å². The summed E-state index contributed by atoms with van der Waals surface area (Å²) >= 11 is 0. The number of esters is 2. The molecule has 14 heteroatoms. The number of hydrogen-bond acceptors (Lipinski definition) is 12. The van der Waals surface area contributed by atoms with Gasteiger partial charge in [-0.25, -0.2) is 9.59 Å². The Labute approximate surface area is 361 Å². The summed E-state index contributed by atoms with van der Waals surface area (Å²) in [4.78, 5) is 76.9. The summed E-state index contributed by atoms with van der Waals surface area (Å²) < 4.78 is 26.4. The van der Waals surface area contributed by atoms with Crippen LogP contribution < -0.4 is 5.32 Å². The number of unbranched alkanes of at least 4 members (excludes halogenated alkanes) is 25. The maximum absolute atomic E-state index is 12.7. The molecule has 0 aromatic carbocycles. The van der Waals surface area contributed by atoms with E-state index in [0.717, 1.165) is 38.5 Å². The van der Waals surface area contributed by atoms with Crippen LogP contribution in [-0.2, 0) is 47.7 Å². The summed E-state index contributed by atoms with van der Waals surface area (Å²) in [6, 6.07) is 0. The third kappa shape index (κ3) is 33.3. The monoisotopic (exact) mass is 855 g/mol. The zero-order valence-electron chi connectivity index (χ0n) is 37.6. The average molecular weight is 855 g/mol. The standard InChI is InChI=1S/C46H82N2O12/c1-3-5-7-9-11-13-15-17-19-20-22-24-26-28-31-43(51)57-37-40(59-44(52)32-29-27-25-23-21-18-16-14-12-10-8-6-4-2)38-58-45(53)47-39-55-35-30-36-56-46(54)60-48-41(49)33-34-42(48)50/h40H,3-39H2,1-2H3,(H,47,53)/t40-/m0/s1. The molecule has 0 aromatic heterocycles. The first kappa shape index (κ1) is 54.6. The molecule has 1 aliphatic heterocycles. The van der Waals surface area contributed by atoms with Crippen LogP contribution in [0.4, 0.5) is 9.59 Å². The molecular formula is C46H82N2O12. The van der Waals surface area contributed by atoms with Crippen molar-refractivity contribution in [1.82, 2.24) is 10.4 Å². The number of imide groups is 1. The molecule has 0 aliphatic carbocycles. The molecule has 0 unspecified atom stereocenters. The lowest BCUT2D eigenvalue weighted by molar-refractivity contribution is -0.177. The van der Waals surface area contributed by atoms with E-state index in [4.69, 9.17) is 23.7 Å². The van der Waals surface area contributed by atoms with E-state index in [1.54, 1.807) is 0 Å². The third-order valence-corrected chi connectivity index (χ3v) is 10.5. The predicted octanol–water partition coefficient (Wildman–Crippen LogP) is 11.1. The quantitative estimate of drug-likeness (QED) is 0.0203. The molecule has 60 heavy (non-hydrogen) atoms. The maximum Gasteiger partial charge on any atom is 0.533 e. The lowest BCUT2D eigenvalue weighted by Crippen LogP contribution is -2.34. The van der Waals surface area contributed by atoms with Crippen molar-refractivity contribution >= 4 is 36.0 Å². The number of hydrogen-bond donors (Lipinski definition) is 1. The highest BCUT2D eigenvalue weighted by Gasteiger charge is 2.33. The molecule has 0 bridgehead atoms. The zero-order chi connectivity index (χ0) is 43.7. The van der Waals surface area contributed by atoms with Gasteiger partial charge in [0.05, 0.1) is 13.2 Å². The number of nitrogens with one attached hydrogen (secondary N) is 1. The topological polar surface area (TPSA) is 173 Å². The van der Waals surface area contributed by atoms with Crippen molar-refractivity contribution in [3.05, 3.63) is 0 Å². The minimum Gasteiger partial charge on any atom is -0.462 e. The number of alkyl carbamates (subject to hydrolysis) is 1. The molecule has 1 rings (SSSR count). The van der Waals surface area contributed by atoms with Gasteiger partial charge < -0.3 is 23.7 Å². The summed E-state index contributed by atoms with van der Waals surface area (Å²) in [5, 5.41) is 2.81. The summed E-state index contributed by atoms with van der Waals surface area (Å²) in [7, 11) is 0. The van der Waals surface area contributed by atoms with Crippen molar-refractivity contribution in [2.45, 2.75) is 225 Å². The molecule has 1 N–H and O–H groups in total. The van der Waals surface area contributed by atoms with E-state index >= 15 is 0 Å². The van der Waals surface area contributed by atoms with Crippen LogP contribution >= 0.6 is 0 Å². The summed E-state index contributed by atoms with van der Waals surface area (Å²) in [5.74, 6) is -2.02. The van der Waals surface area contributed by atoms with Crippen LogP contribution in [0.1, 0.15) is 219 Å². The number of hydroxylamine groups is 2. The Morgan fingerprint density at radius 2 is 0.933 bits per heavy atom. The third-order valence-electron chi connectivity index (χ3n) is 10.5. The first-order chi connectivity index (χ1) is 29.3. The number of nitrogens with zero attached hydrogens (tertiary/aromatic N) is 1. The van der Waals surface area contributed by atoms with E-state index in [9.17, 15) is 28.8 Å². The Balaban J connectivity index is 2.30. The molecule has 3 amide bonds. The molecule has 1 fully saturated rings. The van der Waals surface area contributed by atoms with Gasteiger partial charge in [-0.05, 0) is 12.8 Å². The number of carbonyl (C=O) groups excluding carboxylic acids is 6. The molecule has 14 nitrogen and oxygen atoms in total. The molecule has 0 spiro atoms. The van der Waals surface area contributed by atoms with Crippen LogP contribution in [0.2, 0.25) is 0 Å². The lowest BCUT2D eigenvalue weighted by Gasteiger charge is -2.18. The van der Waals surface area contributed by atoms with Gasteiger partial charge in [-0.1, -0.05) is 179 Å². The minimum absolute atomic E-state index is 0.0201. The first-order valence-corrected chi connectivity index (χ1v) is 23.8. The second-order valence-corrected chi connectivity index (χ2v) is 16.1. The molecule has 0 aromatic rings. The van der Waals surface area contributed by atoms with E-state index in [1.165, 1.54) is 128 Å². The molecule has 0 radical (unpaired) electrons. The molecule has 1 heterocycles. The van der Waals surface area contributed by atoms with Crippen LogP contribution in [0, 0.1) is 0 Å². The van der Waals surface area contributed by atoms with Gasteiger partial charge in [0.15, 0.2) is 6.10 Å². The average Bonchev–Trinajstić information content (AvgIpc) is 3.55. The largest absolute Gasteiger partial charge is 0.533 e. The van der Waals surface area contributed by atoms with Gasteiger partial charge in [0.2, 0.25) is 0 Å². The van der Waals surface area contributed by atoms with Gasteiger partial charge in [-0.15, -0.1) is 0 Å². The minimum atomic E-state index is -1.18. The van der Waals surface area contributed by atoms with Crippen molar-refractivity contribution < 1.29 is 57.3 Å². The van der Waals surface area contributed by atoms with Gasteiger partial charge in [-0.3, -0.25) is 29.3 Å². The Bertz CT molecular complexity index is 1120. The number of ether oxygens (including phenoxy) is 5. The van der Waals surface area contributed by atoms with Gasteiger partial charge >= 0.3 is 24.2 Å². The molecule has 348 valence electrons. The van der Waals surface area contributed by atoms with Crippen LogP contribution in [0.25, 0.3) is 0 Å². The highest BCUT2D eigenvalue weighted by atomic mass is 16.8. The van der Waals surface area contributed by atoms with E-state index in [0.29, 0.717) is 11.5 Å². The van der Waals surface area contributed by atoms with Gasteiger partial charge in [-0.2, -0.15) is 0 Å². The smallest absolute Gasteiger partial charge is 0.462 e. The molecule has 1 saturated heterocycles. The molecular weight excluding hydrogens is 773 g/mol. The Morgan fingerprint density at radius 1 is 0.517 bits per heavy atom.